The normalized spacial score (nSPS) is 24.6. The maximum absolute atomic E-state index is 5.47. The molecule has 4 rings (SSSR count). The van der Waals surface area contributed by atoms with E-state index in [0.717, 1.165) is 11.7 Å². The summed E-state index contributed by atoms with van der Waals surface area (Å²) in [6, 6.07) is 7.39. The van der Waals surface area contributed by atoms with Gasteiger partial charge >= 0.3 is 0 Å². The number of hydrazine groups is 1. The average Bonchev–Trinajstić information content (AvgIpc) is 3.28. The Bertz CT molecular complexity index is 620. The van der Waals surface area contributed by atoms with Gasteiger partial charge in [0.05, 0.1) is 7.11 Å². The van der Waals surface area contributed by atoms with E-state index in [1.54, 1.807) is 7.11 Å². The number of hydrogen-bond acceptors (Lipinski definition) is 4. The van der Waals surface area contributed by atoms with Crippen LogP contribution in [0.15, 0.2) is 18.2 Å². The average molecular weight is 386 g/mol. The van der Waals surface area contributed by atoms with Gasteiger partial charge in [-0.15, -0.1) is 0 Å². The lowest BCUT2D eigenvalue weighted by Crippen LogP contribution is -2.48. The summed E-state index contributed by atoms with van der Waals surface area (Å²) in [7, 11) is 1.78. The summed E-state index contributed by atoms with van der Waals surface area (Å²) in [4.78, 5) is 2.83. The standard InChI is InChI=1S/C24H39N3O/c1-3-12-25(19-20-10-15-27(16-11-20)26-13-4-5-14-26)23-8-6-21-7-9-24(28-2)18-22(21)17-23/h7,9,18,20,23H,3-6,8,10-17,19H2,1-2H3. The van der Waals surface area contributed by atoms with E-state index < -0.39 is 0 Å². The molecule has 2 heterocycles. The van der Waals surface area contributed by atoms with Gasteiger partial charge in [-0.25, -0.2) is 10.0 Å². The summed E-state index contributed by atoms with van der Waals surface area (Å²) in [6.07, 6.45) is 10.5. The molecule has 156 valence electrons. The molecule has 0 amide bonds. The minimum Gasteiger partial charge on any atom is -0.497 e. The minimum atomic E-state index is 0.705. The van der Waals surface area contributed by atoms with Crippen LogP contribution in [0.2, 0.25) is 0 Å². The Morgan fingerprint density at radius 1 is 1.00 bits per heavy atom. The van der Waals surface area contributed by atoms with Gasteiger partial charge in [-0.3, -0.25) is 4.90 Å². The highest BCUT2D eigenvalue weighted by atomic mass is 16.5. The molecule has 0 aromatic heterocycles. The predicted octanol–water partition coefficient (Wildman–Crippen LogP) is 3.99. The quantitative estimate of drug-likeness (QED) is 0.706. The Morgan fingerprint density at radius 3 is 2.46 bits per heavy atom. The van der Waals surface area contributed by atoms with Gasteiger partial charge in [0.2, 0.25) is 0 Å². The molecule has 1 unspecified atom stereocenters. The third-order valence-electron chi connectivity index (χ3n) is 7.21. The van der Waals surface area contributed by atoms with Gasteiger partial charge in [-0.1, -0.05) is 13.0 Å². The molecule has 0 N–H and O–H groups in total. The Hall–Kier alpha value is -1.10. The van der Waals surface area contributed by atoms with E-state index in [1.807, 2.05) is 0 Å². The largest absolute Gasteiger partial charge is 0.497 e. The van der Waals surface area contributed by atoms with Crippen LogP contribution in [0.4, 0.5) is 0 Å². The topological polar surface area (TPSA) is 19.0 Å². The van der Waals surface area contributed by atoms with Crippen LogP contribution in [-0.4, -0.2) is 67.3 Å². The summed E-state index contributed by atoms with van der Waals surface area (Å²) in [6.45, 7) is 10.0. The van der Waals surface area contributed by atoms with Crippen molar-refractivity contribution in [1.82, 2.24) is 14.9 Å². The fourth-order valence-corrected chi connectivity index (χ4v) is 5.56. The molecule has 2 aliphatic heterocycles. The van der Waals surface area contributed by atoms with Crippen LogP contribution in [-0.2, 0) is 12.8 Å². The number of benzene rings is 1. The van der Waals surface area contributed by atoms with Crippen LogP contribution in [0, 0.1) is 5.92 Å². The molecule has 0 saturated carbocycles. The summed E-state index contributed by atoms with van der Waals surface area (Å²) in [5.41, 5.74) is 3.05. The fraction of sp³-hybridized carbons (Fsp3) is 0.750. The maximum Gasteiger partial charge on any atom is 0.119 e. The molecule has 3 aliphatic rings. The van der Waals surface area contributed by atoms with Crippen molar-refractivity contribution in [3.05, 3.63) is 29.3 Å². The van der Waals surface area contributed by atoms with E-state index in [4.69, 9.17) is 4.74 Å². The number of rotatable bonds is 7. The van der Waals surface area contributed by atoms with Gasteiger partial charge in [0.1, 0.15) is 5.75 Å². The predicted molar refractivity (Wildman–Crippen MR) is 116 cm³/mol. The van der Waals surface area contributed by atoms with Gasteiger partial charge in [0, 0.05) is 38.8 Å². The van der Waals surface area contributed by atoms with Crippen LogP contribution >= 0.6 is 0 Å². The van der Waals surface area contributed by atoms with Gasteiger partial charge in [0.25, 0.3) is 0 Å². The molecule has 1 aromatic rings. The van der Waals surface area contributed by atoms with Crippen molar-refractivity contribution in [2.75, 3.05) is 46.4 Å². The lowest BCUT2D eigenvalue weighted by Gasteiger charge is -2.41. The Kier molecular flexibility index (Phi) is 6.92. The van der Waals surface area contributed by atoms with Crippen LogP contribution < -0.4 is 4.74 Å². The van der Waals surface area contributed by atoms with Crippen LogP contribution in [0.1, 0.15) is 56.6 Å². The van der Waals surface area contributed by atoms with Crippen molar-refractivity contribution in [1.29, 1.82) is 0 Å². The van der Waals surface area contributed by atoms with E-state index in [1.165, 1.54) is 102 Å². The fourth-order valence-electron chi connectivity index (χ4n) is 5.56. The molecule has 1 atom stereocenters. The summed E-state index contributed by atoms with van der Waals surface area (Å²) >= 11 is 0. The van der Waals surface area contributed by atoms with Crippen LogP contribution in [0.25, 0.3) is 0 Å². The molecular weight excluding hydrogens is 346 g/mol. The third kappa shape index (κ3) is 4.72. The zero-order valence-corrected chi connectivity index (χ0v) is 18.0. The smallest absolute Gasteiger partial charge is 0.119 e. The first kappa shape index (κ1) is 20.2. The molecule has 0 radical (unpaired) electrons. The number of hydrogen-bond donors (Lipinski definition) is 0. The van der Waals surface area contributed by atoms with Gasteiger partial charge in [-0.05, 0) is 87.1 Å². The second-order valence-corrected chi connectivity index (χ2v) is 9.08. The Labute approximate surface area is 171 Å². The SMILES string of the molecule is CCCN(CC1CCN(N2CCCC2)CC1)C1CCc2ccc(OC)cc2C1. The Balaban J connectivity index is 1.34. The van der Waals surface area contributed by atoms with Crippen molar-refractivity contribution in [3.63, 3.8) is 0 Å². The van der Waals surface area contributed by atoms with E-state index in [2.05, 4.69) is 40.0 Å². The van der Waals surface area contributed by atoms with Gasteiger partial charge in [-0.2, -0.15) is 0 Å². The van der Waals surface area contributed by atoms with Crippen molar-refractivity contribution in [3.8, 4) is 5.75 Å². The van der Waals surface area contributed by atoms with E-state index in [-0.39, 0.29) is 0 Å². The van der Waals surface area contributed by atoms with Crippen molar-refractivity contribution >= 4 is 0 Å². The molecule has 1 aliphatic carbocycles. The summed E-state index contributed by atoms with van der Waals surface area (Å²) < 4.78 is 5.47. The molecule has 4 nitrogen and oxygen atoms in total. The highest BCUT2D eigenvalue weighted by molar-refractivity contribution is 5.37. The molecule has 28 heavy (non-hydrogen) atoms. The molecule has 0 bridgehead atoms. The van der Waals surface area contributed by atoms with Crippen LogP contribution in [0.5, 0.6) is 5.75 Å². The first-order valence-corrected chi connectivity index (χ1v) is 11.7. The first-order valence-electron chi connectivity index (χ1n) is 11.7. The Morgan fingerprint density at radius 2 is 1.75 bits per heavy atom. The molecular formula is C24H39N3O. The van der Waals surface area contributed by atoms with E-state index in [0.29, 0.717) is 6.04 Å². The van der Waals surface area contributed by atoms with E-state index >= 15 is 0 Å². The van der Waals surface area contributed by atoms with Crippen molar-refractivity contribution in [2.24, 2.45) is 5.92 Å². The molecule has 1 aromatic carbocycles. The second-order valence-electron chi connectivity index (χ2n) is 9.08. The minimum absolute atomic E-state index is 0.705. The number of aryl methyl sites for hydroxylation is 1. The number of ether oxygens (including phenoxy) is 1. The highest BCUT2D eigenvalue weighted by Gasteiger charge is 2.29. The lowest BCUT2D eigenvalue weighted by molar-refractivity contribution is -0.0354. The monoisotopic (exact) mass is 385 g/mol. The van der Waals surface area contributed by atoms with Crippen LogP contribution in [0.3, 0.4) is 0 Å². The summed E-state index contributed by atoms with van der Waals surface area (Å²) in [5, 5.41) is 5.27. The number of fused-ring (bicyclic) bond motifs is 1. The molecule has 4 heteroatoms. The second kappa shape index (κ2) is 9.60. The van der Waals surface area contributed by atoms with Crippen molar-refractivity contribution in [2.45, 2.75) is 64.3 Å². The van der Waals surface area contributed by atoms with Gasteiger partial charge in [0.15, 0.2) is 0 Å². The lowest BCUT2D eigenvalue weighted by atomic mass is 9.86. The zero-order valence-electron chi connectivity index (χ0n) is 18.0. The van der Waals surface area contributed by atoms with Gasteiger partial charge < -0.3 is 4.74 Å². The number of nitrogens with zero attached hydrogens (tertiary/aromatic N) is 3. The highest BCUT2D eigenvalue weighted by Crippen LogP contribution is 2.30. The van der Waals surface area contributed by atoms with E-state index in [9.17, 15) is 0 Å². The summed E-state index contributed by atoms with van der Waals surface area (Å²) in [5.74, 6) is 1.88. The van der Waals surface area contributed by atoms with Crippen molar-refractivity contribution < 1.29 is 4.74 Å². The zero-order chi connectivity index (χ0) is 19.3. The molecule has 2 fully saturated rings. The third-order valence-corrected chi connectivity index (χ3v) is 7.21. The number of piperidine rings is 1. The molecule has 0 spiro atoms. The number of methoxy groups -OCH3 is 1. The molecule has 2 saturated heterocycles. The maximum atomic E-state index is 5.47. The first-order chi connectivity index (χ1) is 13.8.